The van der Waals surface area contributed by atoms with Gasteiger partial charge in [0.25, 0.3) is 0 Å². The van der Waals surface area contributed by atoms with Gasteiger partial charge >= 0.3 is 6.03 Å². The topological polar surface area (TPSA) is 66.5 Å². The molecule has 1 aliphatic rings. The van der Waals surface area contributed by atoms with Gasteiger partial charge in [-0.05, 0) is 17.7 Å². The van der Waals surface area contributed by atoms with E-state index in [1.807, 2.05) is 42.5 Å². The van der Waals surface area contributed by atoms with Crippen LogP contribution in [-0.2, 0) is 6.42 Å². The highest BCUT2D eigenvalue weighted by atomic mass is 16.5. The minimum absolute atomic E-state index is 0.0960. The zero-order valence-electron chi connectivity index (χ0n) is 13.5. The van der Waals surface area contributed by atoms with Gasteiger partial charge in [-0.25, -0.2) is 4.79 Å². The zero-order valence-corrected chi connectivity index (χ0v) is 13.5. The number of hydrogen-bond acceptors (Lipinski definition) is 4. The number of piperazine rings is 1. The summed E-state index contributed by atoms with van der Waals surface area (Å²) in [5, 5.41) is 6.23. The molecular weight excluding hydrogens is 304 g/mol. The molecule has 126 valence electrons. The maximum Gasteiger partial charge on any atom is 0.320 e. The van der Waals surface area contributed by atoms with Crippen molar-refractivity contribution in [1.29, 1.82) is 0 Å². The number of ether oxygens (including phenoxy) is 1. The molecule has 2 aromatic rings. The van der Waals surface area contributed by atoms with Crippen molar-refractivity contribution in [1.82, 2.24) is 20.5 Å². The van der Waals surface area contributed by atoms with Gasteiger partial charge in [-0.3, -0.25) is 4.98 Å². The largest absolute Gasteiger partial charge is 0.469 e. The molecule has 6 heteroatoms. The van der Waals surface area contributed by atoms with Gasteiger partial charge in [-0.1, -0.05) is 30.3 Å². The fraction of sp³-hybridized carbons (Fsp3) is 0.333. The number of benzene rings is 1. The lowest BCUT2D eigenvalue weighted by atomic mass is 10.1. The van der Waals surface area contributed by atoms with Gasteiger partial charge in [-0.2, -0.15) is 0 Å². The first-order valence-electron chi connectivity index (χ1n) is 8.18. The Balaban J connectivity index is 1.67. The molecule has 6 nitrogen and oxygen atoms in total. The lowest BCUT2D eigenvalue weighted by Gasteiger charge is -2.30. The Labute approximate surface area is 141 Å². The quantitative estimate of drug-likeness (QED) is 0.820. The van der Waals surface area contributed by atoms with Crippen LogP contribution in [0.3, 0.4) is 0 Å². The summed E-state index contributed by atoms with van der Waals surface area (Å²) in [5.74, 6) is 0.638. The van der Waals surface area contributed by atoms with Crippen LogP contribution in [0.1, 0.15) is 5.56 Å². The van der Waals surface area contributed by atoms with Gasteiger partial charge in [0, 0.05) is 38.8 Å². The number of urea groups is 1. The van der Waals surface area contributed by atoms with Crippen LogP contribution in [0.2, 0.25) is 0 Å². The van der Waals surface area contributed by atoms with E-state index in [0.29, 0.717) is 25.3 Å². The molecule has 2 N–H and O–H groups in total. The fourth-order valence-electron chi connectivity index (χ4n) is 2.63. The van der Waals surface area contributed by atoms with E-state index in [0.717, 1.165) is 18.7 Å². The van der Waals surface area contributed by atoms with Crippen LogP contribution in [-0.4, -0.2) is 48.3 Å². The standard InChI is InChI=1S/C18H22N4O2/c23-18(22-11-9-19-10-12-22)21-17(13-15-5-2-1-3-6-15)24-16-7-4-8-20-14-16/h1-8,14,17,19H,9-13H2,(H,21,23). The average Bonchev–Trinajstić information content (AvgIpc) is 2.64. The fourth-order valence-corrected chi connectivity index (χ4v) is 2.63. The van der Waals surface area contributed by atoms with E-state index in [2.05, 4.69) is 15.6 Å². The van der Waals surface area contributed by atoms with Crippen molar-refractivity contribution in [3.8, 4) is 5.75 Å². The third-order valence-corrected chi connectivity index (χ3v) is 3.87. The maximum absolute atomic E-state index is 12.5. The molecule has 1 saturated heterocycles. The maximum atomic E-state index is 12.5. The molecule has 0 aliphatic carbocycles. The van der Waals surface area contributed by atoms with Crippen molar-refractivity contribution in [3.63, 3.8) is 0 Å². The highest BCUT2D eigenvalue weighted by molar-refractivity contribution is 5.74. The van der Waals surface area contributed by atoms with Crippen molar-refractivity contribution in [2.75, 3.05) is 26.2 Å². The van der Waals surface area contributed by atoms with Crippen LogP contribution in [0, 0.1) is 0 Å². The monoisotopic (exact) mass is 326 g/mol. The first kappa shape index (κ1) is 16.3. The summed E-state index contributed by atoms with van der Waals surface area (Å²) < 4.78 is 5.94. The van der Waals surface area contributed by atoms with Gasteiger partial charge in [-0.15, -0.1) is 0 Å². The van der Waals surface area contributed by atoms with E-state index in [9.17, 15) is 4.79 Å². The van der Waals surface area contributed by atoms with E-state index in [-0.39, 0.29) is 6.03 Å². The summed E-state index contributed by atoms with van der Waals surface area (Å²) in [7, 11) is 0. The molecule has 0 saturated carbocycles. The second-order valence-corrected chi connectivity index (χ2v) is 5.67. The molecule has 0 bridgehead atoms. The average molecular weight is 326 g/mol. The summed E-state index contributed by atoms with van der Waals surface area (Å²) in [6.07, 6.45) is 3.49. The van der Waals surface area contributed by atoms with E-state index in [1.54, 1.807) is 17.3 Å². The number of carbonyl (C=O) groups excluding carboxylic acids is 1. The number of nitrogens with zero attached hydrogens (tertiary/aromatic N) is 2. The first-order valence-corrected chi connectivity index (χ1v) is 8.18. The van der Waals surface area contributed by atoms with Gasteiger partial charge in [0.15, 0.2) is 6.23 Å². The molecule has 2 amide bonds. The van der Waals surface area contributed by atoms with E-state index >= 15 is 0 Å². The van der Waals surface area contributed by atoms with E-state index < -0.39 is 6.23 Å². The second kappa shape index (κ2) is 8.31. The molecule has 2 heterocycles. The first-order chi connectivity index (χ1) is 11.8. The van der Waals surface area contributed by atoms with Gasteiger partial charge in [0.05, 0.1) is 6.20 Å². The molecule has 1 atom stereocenters. The Bertz CT molecular complexity index is 588. The molecule has 1 aromatic heterocycles. The van der Waals surface area contributed by atoms with Crippen LogP contribution in [0.15, 0.2) is 54.9 Å². The van der Waals surface area contributed by atoms with Crippen LogP contribution in [0.25, 0.3) is 0 Å². The molecule has 1 fully saturated rings. The minimum atomic E-state index is -0.445. The summed E-state index contributed by atoms with van der Waals surface area (Å²) in [4.78, 5) is 18.3. The number of amides is 2. The molecule has 24 heavy (non-hydrogen) atoms. The Morgan fingerprint density at radius 1 is 1.21 bits per heavy atom. The van der Waals surface area contributed by atoms with Gasteiger partial charge in [0.2, 0.25) is 0 Å². The predicted molar refractivity (Wildman–Crippen MR) is 91.8 cm³/mol. The third kappa shape index (κ3) is 4.70. The van der Waals surface area contributed by atoms with Crippen LogP contribution < -0.4 is 15.4 Å². The van der Waals surface area contributed by atoms with E-state index in [1.165, 1.54) is 0 Å². The van der Waals surface area contributed by atoms with Crippen LogP contribution in [0.4, 0.5) is 4.79 Å². The van der Waals surface area contributed by atoms with Gasteiger partial charge in [0.1, 0.15) is 5.75 Å². The normalized spacial score (nSPS) is 15.6. The number of pyridine rings is 1. The summed E-state index contributed by atoms with van der Waals surface area (Å²) in [6.45, 7) is 3.05. The smallest absolute Gasteiger partial charge is 0.320 e. The number of aromatic nitrogens is 1. The number of rotatable bonds is 5. The third-order valence-electron chi connectivity index (χ3n) is 3.87. The van der Waals surface area contributed by atoms with Crippen molar-refractivity contribution in [2.24, 2.45) is 0 Å². The van der Waals surface area contributed by atoms with Crippen molar-refractivity contribution in [2.45, 2.75) is 12.6 Å². The second-order valence-electron chi connectivity index (χ2n) is 5.67. The summed E-state index contributed by atoms with van der Waals surface area (Å²) >= 11 is 0. The highest BCUT2D eigenvalue weighted by Crippen LogP contribution is 2.12. The van der Waals surface area contributed by atoms with Crippen molar-refractivity contribution in [3.05, 3.63) is 60.4 Å². The molecule has 3 rings (SSSR count). The zero-order chi connectivity index (χ0) is 16.6. The number of carbonyl (C=O) groups is 1. The SMILES string of the molecule is O=C(NC(Cc1ccccc1)Oc1cccnc1)N1CCNCC1. The Morgan fingerprint density at radius 2 is 2.00 bits per heavy atom. The Morgan fingerprint density at radius 3 is 2.71 bits per heavy atom. The molecule has 1 aromatic carbocycles. The Kier molecular flexibility index (Phi) is 5.63. The van der Waals surface area contributed by atoms with Crippen LogP contribution >= 0.6 is 0 Å². The lowest BCUT2D eigenvalue weighted by molar-refractivity contribution is 0.139. The van der Waals surface area contributed by atoms with E-state index in [4.69, 9.17) is 4.74 Å². The molecule has 0 spiro atoms. The predicted octanol–water partition coefficient (Wildman–Crippen LogP) is 1.64. The minimum Gasteiger partial charge on any atom is -0.469 e. The summed E-state index contributed by atoms with van der Waals surface area (Å²) in [5.41, 5.74) is 1.10. The molecule has 1 unspecified atom stereocenters. The number of nitrogens with one attached hydrogen (secondary N) is 2. The lowest BCUT2D eigenvalue weighted by Crippen LogP contribution is -2.53. The van der Waals surface area contributed by atoms with Gasteiger partial charge < -0.3 is 20.3 Å². The molecule has 0 radical (unpaired) electrons. The van der Waals surface area contributed by atoms with Crippen molar-refractivity contribution < 1.29 is 9.53 Å². The van der Waals surface area contributed by atoms with Crippen molar-refractivity contribution >= 4 is 6.03 Å². The summed E-state index contributed by atoms with van der Waals surface area (Å²) in [6, 6.07) is 13.5. The highest BCUT2D eigenvalue weighted by Gasteiger charge is 2.21. The number of hydrogen-bond donors (Lipinski definition) is 2. The Hall–Kier alpha value is -2.60. The van der Waals surface area contributed by atoms with Crippen LogP contribution in [0.5, 0.6) is 5.75 Å². The molecular formula is C18H22N4O2. The molecule has 1 aliphatic heterocycles.